The maximum absolute atomic E-state index is 14.4. The van der Waals surface area contributed by atoms with Crippen molar-refractivity contribution in [1.82, 2.24) is 24.6 Å². The minimum atomic E-state index is -5.89. The zero-order valence-electron chi connectivity index (χ0n) is 16.6. The van der Waals surface area contributed by atoms with Gasteiger partial charge in [0, 0.05) is 11.6 Å². The number of carbonyl (C=O) groups is 1. The molecule has 0 amide bonds. The highest BCUT2D eigenvalue weighted by atomic mass is 19.4. The molecule has 1 aromatic carbocycles. The Balaban J connectivity index is 1.82. The summed E-state index contributed by atoms with van der Waals surface area (Å²) in [5, 5.41) is 16.6. The van der Waals surface area contributed by atoms with Crippen molar-refractivity contribution >= 4 is 22.6 Å². The third-order valence-corrected chi connectivity index (χ3v) is 5.10. The molecule has 4 aromatic heterocycles. The van der Waals surface area contributed by atoms with Gasteiger partial charge in [0.15, 0.2) is 0 Å². The molecule has 34 heavy (non-hydrogen) atoms. The molecule has 0 saturated heterocycles. The van der Waals surface area contributed by atoms with Crippen LogP contribution >= 0.6 is 0 Å². The van der Waals surface area contributed by atoms with Crippen molar-refractivity contribution < 1.29 is 36.3 Å². The van der Waals surface area contributed by atoms with Crippen LogP contribution in [0.5, 0.6) is 0 Å². The molecule has 0 aliphatic carbocycles. The van der Waals surface area contributed by atoms with Crippen molar-refractivity contribution in [2.45, 2.75) is 12.1 Å². The fourth-order valence-electron chi connectivity index (χ4n) is 3.45. The summed E-state index contributed by atoms with van der Waals surface area (Å²) < 4.78 is 74.6. The van der Waals surface area contributed by atoms with Gasteiger partial charge in [0.2, 0.25) is 6.39 Å². The molecule has 0 fully saturated rings. The van der Waals surface area contributed by atoms with Gasteiger partial charge in [0.1, 0.15) is 22.7 Å². The van der Waals surface area contributed by atoms with Gasteiger partial charge in [-0.05, 0) is 41.5 Å². The number of nitrogens with zero attached hydrogens (tertiary/aromatic N) is 5. The van der Waals surface area contributed by atoms with Gasteiger partial charge in [-0.1, -0.05) is 12.1 Å². The lowest BCUT2D eigenvalue weighted by Gasteiger charge is -2.20. The van der Waals surface area contributed by atoms with Crippen molar-refractivity contribution in [3.63, 3.8) is 0 Å². The molecule has 0 spiro atoms. The number of pyridine rings is 2. The summed E-state index contributed by atoms with van der Waals surface area (Å²) in [5.41, 5.74) is -1.27. The first kappa shape index (κ1) is 21.4. The Morgan fingerprint density at radius 3 is 2.35 bits per heavy atom. The van der Waals surface area contributed by atoms with E-state index in [4.69, 9.17) is 9.52 Å². The van der Waals surface area contributed by atoms with E-state index in [1.165, 1.54) is 47.0 Å². The predicted molar refractivity (Wildman–Crippen MR) is 106 cm³/mol. The van der Waals surface area contributed by atoms with E-state index >= 15 is 0 Å². The number of benzene rings is 1. The van der Waals surface area contributed by atoms with Crippen LogP contribution in [0.3, 0.4) is 0 Å². The standard InChI is InChI=1S/C21H10F5N5O3/c22-20(23,21(24,25)26)15-7-13(10-1-3-11(4-2-10)19(32)33)12-5-6-16-28-14(18-30-27-9-34-18)8-31(16)17(12)29-15/h1-9H,(H,32,33). The van der Waals surface area contributed by atoms with Gasteiger partial charge in [-0.25, -0.2) is 14.8 Å². The van der Waals surface area contributed by atoms with Crippen molar-refractivity contribution in [3.05, 3.63) is 66.3 Å². The van der Waals surface area contributed by atoms with E-state index in [2.05, 4.69) is 20.2 Å². The van der Waals surface area contributed by atoms with Crippen molar-refractivity contribution in [3.8, 4) is 22.7 Å². The minimum absolute atomic E-state index is 0.00389. The monoisotopic (exact) mass is 475 g/mol. The Hall–Kier alpha value is -4.42. The largest absolute Gasteiger partial charge is 0.478 e. The maximum atomic E-state index is 14.4. The van der Waals surface area contributed by atoms with E-state index in [1.807, 2.05) is 0 Å². The first-order valence-corrected chi connectivity index (χ1v) is 9.44. The fourth-order valence-corrected chi connectivity index (χ4v) is 3.45. The Morgan fingerprint density at radius 1 is 1.00 bits per heavy atom. The number of aromatic nitrogens is 5. The fraction of sp³-hybridized carbons (Fsp3) is 0.0952. The van der Waals surface area contributed by atoms with Crippen LogP contribution in [0.15, 0.2) is 59.5 Å². The normalized spacial score (nSPS) is 12.5. The predicted octanol–water partition coefficient (Wildman–Crippen LogP) is 4.95. The zero-order chi connectivity index (χ0) is 24.3. The molecule has 0 atom stereocenters. The van der Waals surface area contributed by atoms with Gasteiger partial charge >= 0.3 is 18.1 Å². The lowest BCUT2D eigenvalue weighted by atomic mass is 9.99. The number of hydrogen-bond acceptors (Lipinski definition) is 6. The molecule has 0 unspecified atom stereocenters. The number of imidazole rings is 1. The first-order valence-electron chi connectivity index (χ1n) is 9.44. The number of halogens is 5. The topological polar surface area (TPSA) is 106 Å². The number of carboxylic acids is 1. The molecular weight excluding hydrogens is 465 g/mol. The number of hydrogen-bond donors (Lipinski definition) is 1. The molecule has 5 rings (SSSR count). The van der Waals surface area contributed by atoms with Crippen LogP contribution in [-0.2, 0) is 5.92 Å². The average molecular weight is 475 g/mol. The first-order chi connectivity index (χ1) is 16.1. The van der Waals surface area contributed by atoms with Crippen LogP contribution in [-0.4, -0.2) is 41.8 Å². The van der Waals surface area contributed by atoms with E-state index in [0.717, 1.165) is 6.39 Å². The number of rotatable bonds is 4. The molecule has 0 aliphatic heterocycles. The van der Waals surface area contributed by atoms with Gasteiger partial charge in [0.05, 0.1) is 5.56 Å². The molecule has 13 heteroatoms. The molecule has 5 aromatic rings. The van der Waals surface area contributed by atoms with Crippen LogP contribution in [0.2, 0.25) is 0 Å². The van der Waals surface area contributed by atoms with E-state index < -0.39 is 23.8 Å². The molecule has 4 heterocycles. The van der Waals surface area contributed by atoms with Crippen LogP contribution in [0.1, 0.15) is 16.1 Å². The van der Waals surface area contributed by atoms with Gasteiger partial charge in [-0.2, -0.15) is 22.0 Å². The van der Waals surface area contributed by atoms with Gasteiger partial charge < -0.3 is 9.52 Å². The second kappa shape index (κ2) is 7.30. The summed E-state index contributed by atoms with van der Waals surface area (Å²) in [7, 11) is 0. The highest BCUT2D eigenvalue weighted by molar-refractivity contribution is 5.95. The van der Waals surface area contributed by atoms with Gasteiger partial charge in [-0.3, -0.25) is 4.40 Å². The number of alkyl halides is 5. The lowest BCUT2D eigenvalue weighted by Crippen LogP contribution is -2.34. The molecule has 1 N–H and O–H groups in total. The molecular formula is C21H10F5N5O3. The second-order valence-electron chi connectivity index (χ2n) is 7.18. The molecule has 0 aliphatic rings. The van der Waals surface area contributed by atoms with Crippen LogP contribution in [0.25, 0.3) is 39.4 Å². The van der Waals surface area contributed by atoms with Crippen molar-refractivity contribution in [2.75, 3.05) is 0 Å². The second-order valence-corrected chi connectivity index (χ2v) is 7.18. The number of fused-ring (bicyclic) bond motifs is 3. The smallest absolute Gasteiger partial charge is 0.459 e. The number of carboxylic acid groups (broad SMARTS) is 1. The minimum Gasteiger partial charge on any atom is -0.478 e. The molecule has 172 valence electrons. The van der Waals surface area contributed by atoms with E-state index in [-0.39, 0.29) is 45.0 Å². The SMILES string of the molecule is O=C(O)c1ccc(-c2cc(C(F)(F)C(F)(F)F)nc3c2ccc2nc(-c4nnco4)cn23)cc1. The summed E-state index contributed by atoms with van der Waals surface area (Å²) in [6.07, 6.45) is -3.52. The Bertz CT molecular complexity index is 1540. The van der Waals surface area contributed by atoms with Crippen LogP contribution in [0.4, 0.5) is 22.0 Å². The Morgan fingerprint density at radius 2 is 1.74 bits per heavy atom. The van der Waals surface area contributed by atoms with Gasteiger partial charge in [-0.15, -0.1) is 10.2 Å². The zero-order valence-corrected chi connectivity index (χ0v) is 16.6. The summed E-state index contributed by atoms with van der Waals surface area (Å²) in [5.74, 6) is -6.46. The lowest BCUT2D eigenvalue weighted by molar-refractivity contribution is -0.290. The molecule has 0 saturated carbocycles. The summed E-state index contributed by atoms with van der Waals surface area (Å²) >= 11 is 0. The van der Waals surface area contributed by atoms with E-state index in [1.54, 1.807) is 0 Å². The molecule has 8 nitrogen and oxygen atoms in total. The highest BCUT2D eigenvalue weighted by Gasteiger charge is 2.60. The van der Waals surface area contributed by atoms with Crippen molar-refractivity contribution in [1.29, 1.82) is 0 Å². The van der Waals surface area contributed by atoms with E-state index in [0.29, 0.717) is 6.07 Å². The summed E-state index contributed by atoms with van der Waals surface area (Å²) in [6.45, 7) is 0. The molecule has 0 bridgehead atoms. The van der Waals surface area contributed by atoms with Crippen LogP contribution in [0, 0.1) is 0 Å². The van der Waals surface area contributed by atoms with Crippen molar-refractivity contribution in [2.24, 2.45) is 0 Å². The van der Waals surface area contributed by atoms with Crippen LogP contribution < -0.4 is 0 Å². The Kier molecular flexibility index (Phi) is 4.60. The molecule has 0 radical (unpaired) electrons. The van der Waals surface area contributed by atoms with Gasteiger partial charge in [0.25, 0.3) is 5.89 Å². The highest BCUT2D eigenvalue weighted by Crippen LogP contribution is 2.45. The average Bonchev–Trinajstić information content (AvgIpc) is 3.47. The summed E-state index contributed by atoms with van der Waals surface area (Å²) in [6, 6.07) is 8.70. The maximum Gasteiger partial charge on any atom is 0.459 e. The van der Waals surface area contributed by atoms with E-state index in [9.17, 15) is 26.7 Å². The number of aromatic carboxylic acids is 1. The quantitative estimate of drug-likeness (QED) is 0.367. The summed E-state index contributed by atoms with van der Waals surface area (Å²) in [4.78, 5) is 19.0. The third kappa shape index (κ3) is 3.32. The Labute approximate surface area is 185 Å². The third-order valence-electron chi connectivity index (χ3n) is 5.10.